The zero-order valence-electron chi connectivity index (χ0n) is 17.8. The lowest BCUT2D eigenvalue weighted by Crippen LogP contribution is -2.47. The van der Waals surface area contributed by atoms with Crippen LogP contribution in [0, 0.1) is 0 Å². The Labute approximate surface area is 190 Å². The van der Waals surface area contributed by atoms with E-state index < -0.39 is 0 Å². The summed E-state index contributed by atoms with van der Waals surface area (Å²) in [5.41, 5.74) is 6.66. The van der Waals surface area contributed by atoms with Crippen molar-refractivity contribution in [2.75, 3.05) is 32.7 Å². The molecule has 3 aromatic rings. The molecule has 5 rings (SSSR count). The summed E-state index contributed by atoms with van der Waals surface area (Å²) in [5, 5.41) is 0.808. The molecule has 1 aromatic heterocycles. The van der Waals surface area contributed by atoms with Crippen LogP contribution in [0.2, 0.25) is 5.02 Å². The van der Waals surface area contributed by atoms with Crippen molar-refractivity contribution < 1.29 is 0 Å². The van der Waals surface area contributed by atoms with Gasteiger partial charge in [0, 0.05) is 49.6 Å². The van der Waals surface area contributed by atoms with Gasteiger partial charge in [0.05, 0.1) is 6.04 Å². The number of piperazine rings is 1. The van der Waals surface area contributed by atoms with Gasteiger partial charge in [-0.25, -0.2) is 0 Å². The molecule has 0 amide bonds. The summed E-state index contributed by atoms with van der Waals surface area (Å²) in [4.78, 5) is 9.92. The summed E-state index contributed by atoms with van der Waals surface area (Å²) in [6.45, 7) is 5.22. The van der Waals surface area contributed by atoms with Crippen molar-refractivity contribution in [2.24, 2.45) is 0 Å². The number of aromatic nitrogens is 1. The second-order valence-electron chi connectivity index (χ2n) is 8.40. The minimum atomic E-state index is 0.309. The molecule has 1 saturated heterocycles. The molecule has 2 aliphatic rings. The Hall–Kier alpha value is -2.46. The lowest BCUT2D eigenvalue weighted by atomic mass is 9.94. The first-order chi connectivity index (χ1) is 15.3. The molecule has 0 N–H and O–H groups in total. The third kappa shape index (κ3) is 4.45. The van der Waals surface area contributed by atoms with Gasteiger partial charge in [-0.15, -0.1) is 0 Å². The van der Waals surface area contributed by atoms with Crippen molar-refractivity contribution >= 4 is 17.7 Å². The molecule has 1 unspecified atom stereocenters. The standard InChI is InChI=1S/C27H28ClN3/c28-25-12-4-2-8-22(25)9-6-16-30-17-19-31(20-18-30)27-23-10-3-1-7-21(23)13-14-26-24(27)11-5-15-29-26/h1-12,15,27H,13-14,16-20H2. The number of pyridine rings is 1. The lowest BCUT2D eigenvalue weighted by Gasteiger charge is -2.40. The lowest BCUT2D eigenvalue weighted by molar-refractivity contribution is 0.117. The zero-order valence-corrected chi connectivity index (χ0v) is 18.5. The van der Waals surface area contributed by atoms with Gasteiger partial charge in [-0.2, -0.15) is 0 Å². The molecule has 4 heteroatoms. The molecule has 0 spiro atoms. The van der Waals surface area contributed by atoms with Gasteiger partial charge in [-0.05, 0) is 47.2 Å². The minimum Gasteiger partial charge on any atom is -0.297 e. The molecule has 2 aromatic carbocycles. The Bertz CT molecular complexity index is 1020. The van der Waals surface area contributed by atoms with Crippen LogP contribution in [0.4, 0.5) is 0 Å². The van der Waals surface area contributed by atoms with Crippen molar-refractivity contribution in [2.45, 2.75) is 18.9 Å². The van der Waals surface area contributed by atoms with Crippen LogP contribution in [0.25, 0.3) is 6.08 Å². The smallest absolute Gasteiger partial charge is 0.0623 e. The number of aryl methyl sites for hydroxylation is 2. The van der Waals surface area contributed by atoms with Crippen molar-refractivity contribution in [1.82, 2.24) is 14.8 Å². The molecule has 0 saturated carbocycles. The highest BCUT2D eigenvalue weighted by atomic mass is 35.5. The van der Waals surface area contributed by atoms with Crippen LogP contribution in [0.15, 0.2) is 72.9 Å². The maximum atomic E-state index is 6.27. The van der Waals surface area contributed by atoms with E-state index in [1.54, 1.807) is 0 Å². The van der Waals surface area contributed by atoms with Crippen LogP contribution >= 0.6 is 11.6 Å². The molecule has 2 heterocycles. The number of hydrogen-bond donors (Lipinski definition) is 0. The zero-order chi connectivity index (χ0) is 21.0. The van der Waals surface area contributed by atoms with Gasteiger partial charge in [0.1, 0.15) is 0 Å². The van der Waals surface area contributed by atoms with E-state index in [2.05, 4.69) is 64.4 Å². The van der Waals surface area contributed by atoms with E-state index in [1.807, 2.05) is 24.4 Å². The van der Waals surface area contributed by atoms with E-state index in [4.69, 9.17) is 16.6 Å². The largest absolute Gasteiger partial charge is 0.297 e. The molecular formula is C27H28ClN3. The van der Waals surface area contributed by atoms with Crippen LogP contribution in [0.5, 0.6) is 0 Å². The Morgan fingerprint density at radius 2 is 1.65 bits per heavy atom. The van der Waals surface area contributed by atoms with Crippen LogP contribution in [0.1, 0.15) is 34.0 Å². The normalized spacial score (nSPS) is 19.7. The average molecular weight is 430 g/mol. The summed E-state index contributed by atoms with van der Waals surface area (Å²) in [6, 6.07) is 21.7. The van der Waals surface area contributed by atoms with Crippen molar-refractivity contribution in [3.05, 3.63) is 106 Å². The first kappa shape index (κ1) is 20.4. The molecule has 0 bridgehead atoms. The predicted molar refractivity (Wildman–Crippen MR) is 128 cm³/mol. The number of nitrogens with zero attached hydrogens (tertiary/aromatic N) is 3. The molecule has 158 valence electrons. The van der Waals surface area contributed by atoms with Gasteiger partial charge < -0.3 is 0 Å². The predicted octanol–water partition coefficient (Wildman–Crippen LogP) is 5.25. The van der Waals surface area contributed by atoms with E-state index in [0.29, 0.717) is 6.04 Å². The number of halogens is 1. The Morgan fingerprint density at radius 3 is 2.52 bits per heavy atom. The Kier molecular flexibility index (Phi) is 6.17. The number of benzene rings is 2. The molecule has 1 aliphatic carbocycles. The van der Waals surface area contributed by atoms with Crippen molar-refractivity contribution in [1.29, 1.82) is 0 Å². The number of rotatable bonds is 4. The summed E-state index contributed by atoms with van der Waals surface area (Å²) in [5.74, 6) is 0. The second kappa shape index (κ2) is 9.35. The van der Waals surface area contributed by atoms with Gasteiger partial charge in [0.15, 0.2) is 0 Å². The molecular weight excluding hydrogens is 402 g/mol. The second-order valence-corrected chi connectivity index (χ2v) is 8.81. The number of hydrogen-bond acceptors (Lipinski definition) is 3. The molecule has 31 heavy (non-hydrogen) atoms. The van der Waals surface area contributed by atoms with Gasteiger partial charge in [-0.1, -0.05) is 72.3 Å². The third-order valence-electron chi connectivity index (χ3n) is 6.54. The monoisotopic (exact) mass is 429 g/mol. The van der Waals surface area contributed by atoms with Crippen LogP contribution < -0.4 is 0 Å². The van der Waals surface area contributed by atoms with Crippen molar-refractivity contribution in [3.8, 4) is 0 Å². The summed E-state index contributed by atoms with van der Waals surface area (Å²) in [7, 11) is 0. The van der Waals surface area contributed by atoms with Crippen LogP contribution in [-0.2, 0) is 12.8 Å². The van der Waals surface area contributed by atoms with Gasteiger partial charge in [0.25, 0.3) is 0 Å². The first-order valence-electron chi connectivity index (χ1n) is 11.2. The van der Waals surface area contributed by atoms with Gasteiger partial charge in [0.2, 0.25) is 0 Å². The van der Waals surface area contributed by atoms with E-state index >= 15 is 0 Å². The van der Waals surface area contributed by atoms with E-state index in [9.17, 15) is 0 Å². The first-order valence-corrected chi connectivity index (χ1v) is 11.6. The quantitative estimate of drug-likeness (QED) is 0.564. The molecule has 3 nitrogen and oxygen atoms in total. The fourth-order valence-corrected chi connectivity index (χ4v) is 5.09. The van der Waals surface area contributed by atoms with Crippen molar-refractivity contribution in [3.63, 3.8) is 0 Å². The summed E-state index contributed by atoms with van der Waals surface area (Å²) < 4.78 is 0. The maximum absolute atomic E-state index is 6.27. The number of fused-ring (bicyclic) bond motifs is 2. The fraction of sp³-hybridized carbons (Fsp3) is 0.296. The molecule has 1 fully saturated rings. The van der Waals surface area contributed by atoms with E-state index in [1.165, 1.54) is 22.4 Å². The fourth-order valence-electron chi connectivity index (χ4n) is 4.89. The maximum Gasteiger partial charge on any atom is 0.0623 e. The SMILES string of the molecule is Clc1ccccc1C=CCN1CCN(C2c3ccccc3CCc3ncccc32)CC1. The highest BCUT2D eigenvalue weighted by molar-refractivity contribution is 6.32. The Morgan fingerprint density at radius 1 is 0.871 bits per heavy atom. The Balaban J connectivity index is 1.30. The molecule has 1 aliphatic heterocycles. The van der Waals surface area contributed by atoms with Crippen LogP contribution in [-0.4, -0.2) is 47.5 Å². The van der Waals surface area contributed by atoms with E-state index in [-0.39, 0.29) is 0 Å². The third-order valence-corrected chi connectivity index (χ3v) is 6.88. The van der Waals surface area contributed by atoms with Crippen LogP contribution in [0.3, 0.4) is 0 Å². The molecule has 1 atom stereocenters. The summed E-state index contributed by atoms with van der Waals surface area (Å²) >= 11 is 6.27. The minimum absolute atomic E-state index is 0.309. The highest BCUT2D eigenvalue weighted by Crippen LogP contribution is 2.36. The molecule has 0 radical (unpaired) electrons. The topological polar surface area (TPSA) is 19.4 Å². The summed E-state index contributed by atoms with van der Waals surface area (Å²) in [6.07, 6.45) is 8.41. The highest BCUT2D eigenvalue weighted by Gasteiger charge is 2.31. The average Bonchev–Trinajstić information content (AvgIpc) is 2.98. The van der Waals surface area contributed by atoms with Gasteiger partial charge >= 0.3 is 0 Å². The van der Waals surface area contributed by atoms with Gasteiger partial charge in [-0.3, -0.25) is 14.8 Å². The van der Waals surface area contributed by atoms with E-state index in [0.717, 1.165) is 56.2 Å².